The third kappa shape index (κ3) is 4.26. The molecule has 0 spiro atoms. The summed E-state index contributed by atoms with van der Waals surface area (Å²) in [5, 5.41) is 24.5. The van der Waals surface area contributed by atoms with Gasteiger partial charge in [0.2, 0.25) is 0 Å². The molecule has 8 heteroatoms. The molecule has 24 heavy (non-hydrogen) atoms. The van der Waals surface area contributed by atoms with E-state index in [4.69, 9.17) is 0 Å². The van der Waals surface area contributed by atoms with E-state index >= 15 is 0 Å². The predicted octanol–water partition coefficient (Wildman–Crippen LogP) is 1.21. The van der Waals surface area contributed by atoms with E-state index in [1.165, 1.54) is 12.8 Å². The van der Waals surface area contributed by atoms with E-state index in [9.17, 15) is 9.90 Å². The molecule has 7 nitrogen and oxygen atoms in total. The van der Waals surface area contributed by atoms with Gasteiger partial charge in [-0.25, -0.2) is 4.68 Å². The number of nitrogens with zero attached hydrogens (tertiary/aromatic N) is 3. The van der Waals surface area contributed by atoms with Gasteiger partial charge >= 0.3 is 0 Å². The third-order valence-electron chi connectivity index (χ3n) is 5.21. The van der Waals surface area contributed by atoms with Crippen LogP contribution in [0, 0.1) is 12.8 Å². The fourth-order valence-electron chi connectivity index (χ4n) is 3.74. The van der Waals surface area contributed by atoms with Crippen molar-refractivity contribution in [3.05, 3.63) is 11.4 Å². The van der Waals surface area contributed by atoms with Crippen LogP contribution in [0.1, 0.15) is 60.7 Å². The Morgan fingerprint density at radius 3 is 2.67 bits per heavy atom. The van der Waals surface area contributed by atoms with Crippen LogP contribution in [0.5, 0.6) is 0 Å². The number of piperidine rings is 1. The fourth-order valence-corrected chi connectivity index (χ4v) is 3.74. The van der Waals surface area contributed by atoms with E-state index in [1.807, 2.05) is 11.6 Å². The molecule has 136 valence electrons. The molecule has 2 fully saturated rings. The highest BCUT2D eigenvalue weighted by molar-refractivity contribution is 5.93. The van der Waals surface area contributed by atoms with Crippen molar-refractivity contribution in [2.45, 2.75) is 57.6 Å². The van der Waals surface area contributed by atoms with Crippen LogP contribution in [0.2, 0.25) is 0 Å². The van der Waals surface area contributed by atoms with Crippen LogP contribution in [-0.2, 0) is 0 Å². The lowest BCUT2D eigenvalue weighted by Gasteiger charge is -2.23. The first-order chi connectivity index (χ1) is 11.2. The normalized spacial score (nSPS) is 20.6. The molecule has 3 N–H and O–H groups in total. The lowest BCUT2D eigenvalue weighted by Crippen LogP contribution is -2.36. The number of carbonyl (C=O) groups is 1. The van der Waals surface area contributed by atoms with Crippen molar-refractivity contribution in [1.29, 1.82) is 0 Å². The molecule has 3 rings (SSSR count). The van der Waals surface area contributed by atoms with Crippen molar-refractivity contribution in [3.8, 4) is 0 Å². The monoisotopic (exact) mass is 357 g/mol. The molecular formula is C16H28ClN5O2. The van der Waals surface area contributed by atoms with Crippen molar-refractivity contribution < 1.29 is 9.90 Å². The molecule has 0 radical (unpaired) electrons. The molecule has 1 atom stereocenters. The van der Waals surface area contributed by atoms with Crippen LogP contribution in [0.15, 0.2) is 0 Å². The zero-order valence-corrected chi connectivity index (χ0v) is 15.0. The van der Waals surface area contributed by atoms with E-state index in [2.05, 4.69) is 20.9 Å². The fraction of sp³-hybridized carbons (Fsp3) is 0.812. The molecule has 0 aromatic carbocycles. The summed E-state index contributed by atoms with van der Waals surface area (Å²) < 4.78 is 1.88. The first kappa shape index (κ1) is 19.1. The van der Waals surface area contributed by atoms with E-state index < -0.39 is 6.10 Å². The Labute approximate surface area is 149 Å². The van der Waals surface area contributed by atoms with Gasteiger partial charge < -0.3 is 15.7 Å². The van der Waals surface area contributed by atoms with Gasteiger partial charge in [0.05, 0.1) is 17.8 Å². The van der Waals surface area contributed by atoms with Crippen molar-refractivity contribution in [2.75, 3.05) is 19.6 Å². The number of hydrogen-bond acceptors (Lipinski definition) is 5. The smallest absolute Gasteiger partial charge is 0.273 e. The number of aromatic nitrogens is 3. The van der Waals surface area contributed by atoms with Gasteiger partial charge in [0.25, 0.3) is 5.91 Å². The number of rotatable bonds is 5. The summed E-state index contributed by atoms with van der Waals surface area (Å²) in [5.41, 5.74) is 1.19. The van der Waals surface area contributed by atoms with Crippen LogP contribution in [0.4, 0.5) is 0 Å². The van der Waals surface area contributed by atoms with Gasteiger partial charge in [0, 0.05) is 6.54 Å². The molecule has 1 aromatic rings. The Bertz CT molecular complexity index is 539. The van der Waals surface area contributed by atoms with E-state index in [0.29, 0.717) is 24.2 Å². The average Bonchev–Trinajstić information content (AvgIpc) is 3.23. The summed E-state index contributed by atoms with van der Waals surface area (Å²) in [6, 6.07) is 0.314. The molecule has 1 aliphatic heterocycles. The van der Waals surface area contributed by atoms with Gasteiger partial charge in [-0.05, 0) is 51.6 Å². The number of halogens is 1. The van der Waals surface area contributed by atoms with Crippen LogP contribution >= 0.6 is 12.4 Å². The van der Waals surface area contributed by atoms with E-state index in [1.54, 1.807) is 0 Å². The number of amides is 1. The molecule has 1 saturated heterocycles. The second-order valence-electron chi connectivity index (χ2n) is 6.77. The van der Waals surface area contributed by atoms with Gasteiger partial charge in [-0.1, -0.05) is 18.1 Å². The molecule has 2 heterocycles. The van der Waals surface area contributed by atoms with Gasteiger partial charge in [-0.15, -0.1) is 17.5 Å². The van der Waals surface area contributed by atoms with Gasteiger partial charge in [0.1, 0.15) is 0 Å². The number of carbonyl (C=O) groups excluding carboxylic acids is 1. The topological polar surface area (TPSA) is 92.1 Å². The molecule has 1 unspecified atom stereocenters. The summed E-state index contributed by atoms with van der Waals surface area (Å²) >= 11 is 0. The first-order valence-corrected chi connectivity index (χ1v) is 8.75. The number of aliphatic hydroxyl groups excluding tert-OH is 1. The van der Waals surface area contributed by atoms with E-state index in [-0.39, 0.29) is 18.3 Å². The minimum absolute atomic E-state index is 0. The maximum Gasteiger partial charge on any atom is 0.273 e. The molecule has 1 aliphatic carbocycles. The molecule has 2 aliphatic rings. The number of hydrogen-bond donors (Lipinski definition) is 3. The largest absolute Gasteiger partial charge is 0.391 e. The SMILES string of the molecule is Cc1c(C(=O)NCC(O)C2CCCC2)nnn1C1CCNCC1.Cl. The molecule has 1 aromatic heterocycles. The predicted molar refractivity (Wildman–Crippen MR) is 93.4 cm³/mol. The van der Waals surface area contributed by atoms with Gasteiger partial charge in [-0.2, -0.15) is 0 Å². The van der Waals surface area contributed by atoms with Crippen molar-refractivity contribution in [2.24, 2.45) is 5.92 Å². The van der Waals surface area contributed by atoms with Crippen molar-refractivity contribution >= 4 is 18.3 Å². The Kier molecular flexibility index (Phi) is 7.01. The van der Waals surface area contributed by atoms with Crippen LogP contribution in [-0.4, -0.2) is 51.7 Å². The average molecular weight is 358 g/mol. The van der Waals surface area contributed by atoms with Gasteiger partial charge in [0.15, 0.2) is 5.69 Å². The summed E-state index contributed by atoms with van der Waals surface area (Å²) in [6.07, 6.45) is 6.03. The van der Waals surface area contributed by atoms with Crippen LogP contribution in [0.25, 0.3) is 0 Å². The highest BCUT2D eigenvalue weighted by Gasteiger charge is 2.26. The highest BCUT2D eigenvalue weighted by atomic mass is 35.5. The lowest BCUT2D eigenvalue weighted by atomic mass is 10.0. The Balaban J connectivity index is 0.00000208. The number of aliphatic hydroxyl groups is 1. The van der Waals surface area contributed by atoms with Crippen molar-refractivity contribution in [1.82, 2.24) is 25.6 Å². The standard InChI is InChI=1S/C16H27N5O2.ClH/c1-11-15(19-20-21(11)13-6-8-17-9-7-13)16(23)18-10-14(22)12-4-2-3-5-12;/h12-14,17,22H,2-10H2,1H3,(H,18,23);1H. The van der Waals surface area contributed by atoms with Gasteiger partial charge in [-0.3, -0.25) is 4.79 Å². The van der Waals surface area contributed by atoms with Crippen molar-refractivity contribution in [3.63, 3.8) is 0 Å². The second kappa shape index (κ2) is 8.78. The quantitative estimate of drug-likeness (QED) is 0.736. The lowest BCUT2D eigenvalue weighted by molar-refractivity contribution is 0.0836. The Hall–Kier alpha value is -1.18. The zero-order chi connectivity index (χ0) is 16.2. The van der Waals surface area contributed by atoms with Crippen LogP contribution in [0.3, 0.4) is 0 Å². The maximum atomic E-state index is 12.3. The first-order valence-electron chi connectivity index (χ1n) is 8.75. The van der Waals surface area contributed by atoms with E-state index in [0.717, 1.165) is 44.5 Å². The Morgan fingerprint density at radius 1 is 1.33 bits per heavy atom. The maximum absolute atomic E-state index is 12.3. The Morgan fingerprint density at radius 2 is 2.00 bits per heavy atom. The summed E-state index contributed by atoms with van der Waals surface area (Å²) in [6.45, 7) is 4.13. The summed E-state index contributed by atoms with van der Waals surface area (Å²) in [4.78, 5) is 12.3. The third-order valence-corrected chi connectivity index (χ3v) is 5.21. The molecular weight excluding hydrogens is 330 g/mol. The number of nitrogens with one attached hydrogen (secondary N) is 2. The molecule has 1 saturated carbocycles. The minimum Gasteiger partial charge on any atom is -0.391 e. The van der Waals surface area contributed by atoms with Crippen LogP contribution < -0.4 is 10.6 Å². The second-order valence-corrected chi connectivity index (χ2v) is 6.77. The minimum atomic E-state index is -0.457. The highest BCUT2D eigenvalue weighted by Crippen LogP contribution is 2.27. The summed E-state index contributed by atoms with van der Waals surface area (Å²) in [7, 11) is 0. The molecule has 1 amide bonds. The zero-order valence-electron chi connectivity index (χ0n) is 14.2. The summed E-state index contributed by atoms with van der Waals surface area (Å²) in [5.74, 6) is 0.0848. The molecule has 0 bridgehead atoms.